The molecule has 0 aliphatic rings. The molecule has 1 heterocycles. The molecular formula is C19H27N3O2. The van der Waals surface area contributed by atoms with E-state index >= 15 is 0 Å². The lowest BCUT2D eigenvalue weighted by molar-refractivity contribution is -0.122. The minimum absolute atomic E-state index is 0.0330. The molecule has 0 saturated heterocycles. The van der Waals surface area contributed by atoms with Gasteiger partial charge in [0.2, 0.25) is 5.91 Å². The molecule has 2 aromatic rings. The topological polar surface area (TPSA) is 64.0 Å². The Labute approximate surface area is 143 Å². The van der Waals surface area contributed by atoms with Gasteiger partial charge in [-0.1, -0.05) is 51.3 Å². The Hall–Kier alpha value is -2.17. The van der Waals surface area contributed by atoms with Crippen molar-refractivity contribution in [3.63, 3.8) is 0 Å². The van der Waals surface area contributed by atoms with Crippen molar-refractivity contribution in [1.82, 2.24) is 15.1 Å². The molecule has 0 aliphatic heterocycles. The van der Waals surface area contributed by atoms with E-state index in [1.165, 1.54) is 17.5 Å². The highest BCUT2D eigenvalue weighted by atomic mass is 16.2. The maximum atomic E-state index is 12.5. The van der Waals surface area contributed by atoms with Gasteiger partial charge in [0.1, 0.15) is 6.54 Å². The smallest absolute Gasteiger partial charge is 0.275 e. The first-order chi connectivity index (χ1) is 11.6. The van der Waals surface area contributed by atoms with E-state index in [-0.39, 0.29) is 18.0 Å². The van der Waals surface area contributed by atoms with Gasteiger partial charge in [0.15, 0.2) is 0 Å². The molecular weight excluding hydrogens is 302 g/mol. The Kier molecular flexibility index (Phi) is 6.53. The average molecular weight is 329 g/mol. The van der Waals surface area contributed by atoms with Crippen LogP contribution in [0.1, 0.15) is 45.2 Å². The summed E-state index contributed by atoms with van der Waals surface area (Å²) in [6.45, 7) is 6.80. The number of hydrogen-bond donors (Lipinski definition) is 1. The van der Waals surface area contributed by atoms with Crippen molar-refractivity contribution in [2.45, 2.75) is 53.0 Å². The molecule has 1 N–H and O–H groups in total. The average Bonchev–Trinajstić information content (AvgIpc) is 2.59. The Morgan fingerprint density at radius 2 is 1.96 bits per heavy atom. The minimum Gasteiger partial charge on any atom is -0.354 e. The van der Waals surface area contributed by atoms with Crippen LogP contribution >= 0.6 is 0 Å². The molecule has 1 aromatic heterocycles. The number of unbranched alkanes of at least 4 members (excludes halogenated alkanes) is 1. The quantitative estimate of drug-likeness (QED) is 0.809. The Bertz CT molecular complexity index is 752. The first kappa shape index (κ1) is 18.2. The van der Waals surface area contributed by atoms with E-state index in [1.54, 1.807) is 6.07 Å². The van der Waals surface area contributed by atoms with Crippen LogP contribution in [-0.2, 0) is 11.3 Å². The second kappa shape index (κ2) is 8.62. The molecule has 5 nitrogen and oxygen atoms in total. The number of benzene rings is 1. The highest BCUT2D eigenvalue weighted by Gasteiger charge is 2.12. The van der Waals surface area contributed by atoms with Gasteiger partial charge < -0.3 is 5.32 Å². The van der Waals surface area contributed by atoms with Gasteiger partial charge in [0.05, 0.1) is 11.1 Å². The standard InChI is InChI=1S/C19H27N3O2/c1-4-6-9-15(5-2)12-20-18(23)13-22-19(24)17-11-8-7-10-16(17)14(3)21-22/h7-8,10-11,15H,4-6,9,12-13H2,1-3H3,(H,20,23). The Morgan fingerprint density at radius 3 is 2.62 bits per heavy atom. The summed E-state index contributed by atoms with van der Waals surface area (Å²) in [5, 5.41) is 8.67. The number of aromatic nitrogens is 2. The van der Waals surface area contributed by atoms with Crippen LogP contribution in [0.2, 0.25) is 0 Å². The summed E-state index contributed by atoms with van der Waals surface area (Å²) in [4.78, 5) is 24.7. The van der Waals surface area contributed by atoms with Gasteiger partial charge in [-0.2, -0.15) is 5.10 Å². The predicted molar refractivity (Wildman–Crippen MR) is 97.1 cm³/mol. The fourth-order valence-corrected chi connectivity index (χ4v) is 2.91. The van der Waals surface area contributed by atoms with Crippen molar-refractivity contribution >= 4 is 16.7 Å². The van der Waals surface area contributed by atoms with Gasteiger partial charge >= 0.3 is 0 Å². The lowest BCUT2D eigenvalue weighted by Crippen LogP contribution is -2.36. The zero-order chi connectivity index (χ0) is 17.5. The second-order valence-corrected chi connectivity index (χ2v) is 6.31. The molecule has 1 aromatic carbocycles. The number of carbonyl (C=O) groups is 1. The molecule has 130 valence electrons. The molecule has 5 heteroatoms. The van der Waals surface area contributed by atoms with Crippen molar-refractivity contribution in [1.29, 1.82) is 0 Å². The van der Waals surface area contributed by atoms with Crippen molar-refractivity contribution < 1.29 is 4.79 Å². The molecule has 1 unspecified atom stereocenters. The SMILES string of the molecule is CCCCC(CC)CNC(=O)Cn1nc(C)c2ccccc2c1=O. The Morgan fingerprint density at radius 1 is 1.25 bits per heavy atom. The summed E-state index contributed by atoms with van der Waals surface area (Å²) in [5.41, 5.74) is 0.539. The third-order valence-electron chi connectivity index (χ3n) is 4.48. The number of nitrogens with zero attached hydrogens (tertiary/aromatic N) is 2. The van der Waals surface area contributed by atoms with Gasteiger partial charge in [-0.25, -0.2) is 4.68 Å². The summed E-state index contributed by atoms with van der Waals surface area (Å²) in [6.07, 6.45) is 4.52. The molecule has 0 spiro atoms. The fraction of sp³-hybridized carbons (Fsp3) is 0.526. The molecule has 24 heavy (non-hydrogen) atoms. The number of nitrogens with one attached hydrogen (secondary N) is 1. The maximum Gasteiger partial charge on any atom is 0.275 e. The summed E-state index contributed by atoms with van der Waals surface area (Å²) in [6, 6.07) is 7.36. The van der Waals surface area contributed by atoms with Crippen LogP contribution in [0, 0.1) is 12.8 Å². The minimum atomic E-state index is -0.218. The van der Waals surface area contributed by atoms with Gasteiger partial charge in [-0.15, -0.1) is 0 Å². The highest BCUT2D eigenvalue weighted by Crippen LogP contribution is 2.12. The number of fused-ring (bicyclic) bond motifs is 1. The molecule has 0 aliphatic carbocycles. The van der Waals surface area contributed by atoms with E-state index in [1.807, 2.05) is 25.1 Å². The van der Waals surface area contributed by atoms with Crippen molar-refractivity contribution in [3.8, 4) is 0 Å². The van der Waals surface area contributed by atoms with Crippen LogP contribution < -0.4 is 10.9 Å². The van der Waals surface area contributed by atoms with Crippen LogP contribution in [0.3, 0.4) is 0 Å². The fourth-order valence-electron chi connectivity index (χ4n) is 2.91. The van der Waals surface area contributed by atoms with E-state index in [0.717, 1.165) is 23.9 Å². The second-order valence-electron chi connectivity index (χ2n) is 6.31. The lowest BCUT2D eigenvalue weighted by atomic mass is 9.99. The summed E-state index contributed by atoms with van der Waals surface area (Å²) < 4.78 is 1.26. The third kappa shape index (κ3) is 4.43. The molecule has 2 rings (SSSR count). The molecule has 0 fully saturated rings. The van der Waals surface area contributed by atoms with Gasteiger partial charge in [0.25, 0.3) is 5.56 Å². The monoisotopic (exact) mass is 329 g/mol. The number of amides is 1. The number of carbonyl (C=O) groups excluding carboxylic acids is 1. The normalized spacial score (nSPS) is 12.3. The van der Waals surface area contributed by atoms with E-state index in [2.05, 4.69) is 24.3 Å². The lowest BCUT2D eigenvalue weighted by Gasteiger charge is -2.15. The maximum absolute atomic E-state index is 12.5. The first-order valence-corrected chi connectivity index (χ1v) is 8.80. The van der Waals surface area contributed by atoms with Crippen LogP contribution in [0.25, 0.3) is 10.8 Å². The number of aryl methyl sites for hydroxylation is 1. The van der Waals surface area contributed by atoms with Crippen molar-refractivity contribution in [3.05, 3.63) is 40.3 Å². The predicted octanol–water partition coefficient (Wildman–Crippen LogP) is 3.04. The van der Waals surface area contributed by atoms with E-state index in [0.29, 0.717) is 17.8 Å². The van der Waals surface area contributed by atoms with E-state index in [4.69, 9.17) is 0 Å². The summed E-state index contributed by atoms with van der Waals surface area (Å²) >= 11 is 0. The van der Waals surface area contributed by atoms with Crippen LogP contribution in [0.4, 0.5) is 0 Å². The molecule has 0 saturated carbocycles. The molecule has 0 radical (unpaired) electrons. The van der Waals surface area contributed by atoms with Crippen LogP contribution in [0.5, 0.6) is 0 Å². The molecule has 1 amide bonds. The summed E-state index contributed by atoms with van der Waals surface area (Å²) in [7, 11) is 0. The largest absolute Gasteiger partial charge is 0.354 e. The van der Waals surface area contributed by atoms with Crippen LogP contribution in [-0.4, -0.2) is 22.2 Å². The van der Waals surface area contributed by atoms with Gasteiger partial charge in [0, 0.05) is 11.9 Å². The van der Waals surface area contributed by atoms with Crippen LogP contribution in [0.15, 0.2) is 29.1 Å². The number of hydrogen-bond acceptors (Lipinski definition) is 3. The van der Waals surface area contributed by atoms with Gasteiger partial charge in [-0.05, 0) is 25.3 Å². The third-order valence-corrected chi connectivity index (χ3v) is 4.48. The zero-order valence-corrected chi connectivity index (χ0v) is 14.8. The van der Waals surface area contributed by atoms with E-state index < -0.39 is 0 Å². The molecule has 0 bridgehead atoms. The summed E-state index contributed by atoms with van der Waals surface area (Å²) in [5.74, 6) is 0.339. The first-order valence-electron chi connectivity index (χ1n) is 8.80. The van der Waals surface area contributed by atoms with Gasteiger partial charge in [-0.3, -0.25) is 9.59 Å². The number of rotatable bonds is 8. The van der Waals surface area contributed by atoms with Crippen molar-refractivity contribution in [2.75, 3.05) is 6.54 Å². The molecule has 1 atom stereocenters. The Balaban J connectivity index is 2.05. The highest BCUT2D eigenvalue weighted by molar-refractivity contribution is 5.83. The zero-order valence-electron chi connectivity index (χ0n) is 14.8. The van der Waals surface area contributed by atoms with E-state index in [9.17, 15) is 9.59 Å². The van der Waals surface area contributed by atoms with Crippen molar-refractivity contribution in [2.24, 2.45) is 5.92 Å².